The van der Waals surface area contributed by atoms with Crippen molar-refractivity contribution in [2.75, 3.05) is 0 Å². The highest BCUT2D eigenvalue weighted by Gasteiger charge is 2.30. The molecule has 0 aliphatic carbocycles. The zero-order valence-electron chi connectivity index (χ0n) is 21.0. The predicted molar refractivity (Wildman–Crippen MR) is 141 cm³/mol. The Morgan fingerprint density at radius 3 is 1.73 bits per heavy atom. The number of hydrogen-bond donors (Lipinski definition) is 0. The third kappa shape index (κ3) is 6.07. The lowest BCUT2D eigenvalue weighted by atomic mass is 9.97. The number of ether oxygens (including phenoxy) is 1. The van der Waals surface area contributed by atoms with Crippen molar-refractivity contribution >= 4 is 27.6 Å². The van der Waals surface area contributed by atoms with Crippen molar-refractivity contribution < 1.29 is 9.53 Å². The first-order valence-corrected chi connectivity index (χ1v) is 13.0. The minimum absolute atomic E-state index is 0.155. The van der Waals surface area contributed by atoms with Crippen molar-refractivity contribution in [1.82, 2.24) is 4.90 Å². The van der Waals surface area contributed by atoms with Gasteiger partial charge >= 0.3 is 6.09 Å². The van der Waals surface area contributed by atoms with E-state index >= 15 is 0 Å². The molecule has 1 amide bonds. The molecule has 0 saturated carbocycles. The van der Waals surface area contributed by atoms with Gasteiger partial charge in [-0.3, -0.25) is 0 Å². The Labute approximate surface area is 200 Å². The van der Waals surface area contributed by atoms with Crippen LogP contribution in [-0.2, 0) is 11.3 Å². The molecule has 0 fully saturated rings. The number of unbranched alkanes of at least 4 members (excludes halogenated alkanes) is 2. The van der Waals surface area contributed by atoms with Crippen LogP contribution in [-0.4, -0.2) is 23.1 Å². The molecule has 3 aromatic carbocycles. The fraction of sp³-hybridized carbons (Fsp3) is 0.500. The van der Waals surface area contributed by atoms with Gasteiger partial charge in [0.15, 0.2) is 0 Å². The zero-order chi connectivity index (χ0) is 23.6. The monoisotopic (exact) mass is 447 g/mol. The molecule has 0 saturated heterocycles. The Morgan fingerprint density at radius 2 is 1.27 bits per heavy atom. The molecule has 0 aliphatic heterocycles. The molecular formula is C30H41NO2. The van der Waals surface area contributed by atoms with Crippen molar-refractivity contribution in [2.45, 2.75) is 97.8 Å². The summed E-state index contributed by atoms with van der Waals surface area (Å²) in [5.41, 5.74) is 1.10. The summed E-state index contributed by atoms with van der Waals surface area (Å²) in [5, 5.41) is 4.68. The van der Waals surface area contributed by atoms with Gasteiger partial charge in [-0.1, -0.05) is 102 Å². The minimum Gasteiger partial charge on any atom is -0.444 e. The van der Waals surface area contributed by atoms with Gasteiger partial charge in [0, 0.05) is 17.6 Å². The second-order valence-electron chi connectivity index (χ2n) is 9.17. The van der Waals surface area contributed by atoms with Crippen molar-refractivity contribution in [3.8, 4) is 0 Å². The van der Waals surface area contributed by atoms with E-state index in [0.717, 1.165) is 67.7 Å². The highest BCUT2D eigenvalue weighted by molar-refractivity contribution is 6.02. The number of benzene rings is 3. The first kappa shape index (κ1) is 25.1. The maximum absolute atomic E-state index is 13.6. The summed E-state index contributed by atoms with van der Waals surface area (Å²) in [6.07, 6.45) is 8.44. The fourth-order valence-electron chi connectivity index (χ4n) is 5.03. The topological polar surface area (TPSA) is 29.5 Å². The number of nitrogens with zero attached hydrogens (tertiary/aromatic N) is 1. The molecule has 0 heterocycles. The molecule has 3 nitrogen and oxygen atoms in total. The van der Waals surface area contributed by atoms with E-state index in [-0.39, 0.29) is 18.2 Å². The van der Waals surface area contributed by atoms with Crippen LogP contribution in [0.5, 0.6) is 0 Å². The molecule has 0 bridgehead atoms. The van der Waals surface area contributed by atoms with Gasteiger partial charge in [-0.25, -0.2) is 4.79 Å². The molecule has 2 unspecified atom stereocenters. The molecule has 0 aliphatic rings. The van der Waals surface area contributed by atoms with Gasteiger partial charge in [0.25, 0.3) is 0 Å². The third-order valence-electron chi connectivity index (χ3n) is 6.94. The highest BCUT2D eigenvalue weighted by Crippen LogP contribution is 2.30. The molecule has 0 aromatic heterocycles. The van der Waals surface area contributed by atoms with Crippen LogP contribution >= 0.6 is 0 Å². The largest absolute Gasteiger partial charge is 0.444 e. The summed E-state index contributed by atoms with van der Waals surface area (Å²) in [6, 6.07) is 19.5. The second kappa shape index (κ2) is 12.6. The van der Waals surface area contributed by atoms with Crippen LogP contribution in [0.15, 0.2) is 54.6 Å². The number of carbonyl (C=O) groups excluding carboxylic acids is 1. The Morgan fingerprint density at radius 1 is 0.788 bits per heavy atom. The quantitative estimate of drug-likeness (QED) is 0.259. The average Bonchev–Trinajstić information content (AvgIpc) is 2.85. The standard InChI is InChI=1S/C30H41NO2/c1-5-9-17-25(7-3)31(26(8-4)18-10-6-2)30(32)33-22-29-27-19-13-11-15-23(27)21-24-16-12-14-20-28(24)29/h11-16,19-21,25-26H,5-10,17-18,22H2,1-4H3. The molecule has 2 atom stereocenters. The Hall–Kier alpha value is -2.55. The maximum Gasteiger partial charge on any atom is 0.410 e. The molecule has 178 valence electrons. The first-order valence-electron chi connectivity index (χ1n) is 13.0. The first-order chi connectivity index (χ1) is 16.1. The molecule has 3 rings (SSSR count). The minimum atomic E-state index is -0.155. The summed E-state index contributed by atoms with van der Waals surface area (Å²) < 4.78 is 6.12. The van der Waals surface area contributed by atoms with E-state index < -0.39 is 0 Å². The van der Waals surface area contributed by atoms with Gasteiger partial charge in [-0.05, 0) is 53.3 Å². The van der Waals surface area contributed by atoms with Gasteiger partial charge in [0.2, 0.25) is 0 Å². The van der Waals surface area contributed by atoms with Gasteiger partial charge in [0.05, 0.1) is 0 Å². The molecule has 0 N–H and O–H groups in total. The van der Waals surface area contributed by atoms with Crippen LogP contribution < -0.4 is 0 Å². The number of fused-ring (bicyclic) bond motifs is 2. The Balaban J connectivity index is 1.91. The lowest BCUT2D eigenvalue weighted by Gasteiger charge is -2.37. The zero-order valence-corrected chi connectivity index (χ0v) is 21.0. The van der Waals surface area contributed by atoms with E-state index in [9.17, 15) is 4.79 Å². The molecule has 0 radical (unpaired) electrons. The second-order valence-corrected chi connectivity index (χ2v) is 9.17. The summed E-state index contributed by atoms with van der Waals surface area (Å²) in [7, 11) is 0. The van der Waals surface area contributed by atoms with Crippen LogP contribution in [0.25, 0.3) is 21.5 Å². The Bertz CT molecular complexity index is 958. The van der Waals surface area contributed by atoms with Gasteiger partial charge in [0.1, 0.15) is 6.61 Å². The van der Waals surface area contributed by atoms with Crippen molar-refractivity contribution in [1.29, 1.82) is 0 Å². The smallest absolute Gasteiger partial charge is 0.410 e. The molecule has 3 heteroatoms. The van der Waals surface area contributed by atoms with Crippen molar-refractivity contribution in [3.63, 3.8) is 0 Å². The lowest BCUT2D eigenvalue weighted by molar-refractivity contribution is 0.0533. The van der Waals surface area contributed by atoms with E-state index in [0.29, 0.717) is 6.61 Å². The lowest BCUT2D eigenvalue weighted by Crippen LogP contribution is -2.47. The number of carbonyl (C=O) groups is 1. The number of rotatable bonds is 12. The van der Waals surface area contributed by atoms with Gasteiger partial charge in [-0.2, -0.15) is 0 Å². The number of amides is 1. The highest BCUT2D eigenvalue weighted by atomic mass is 16.6. The summed E-state index contributed by atoms with van der Waals surface area (Å²) in [6.45, 7) is 9.13. The van der Waals surface area contributed by atoms with E-state index in [2.05, 4.69) is 87.2 Å². The predicted octanol–water partition coefficient (Wildman–Crippen LogP) is 8.87. The van der Waals surface area contributed by atoms with E-state index in [1.165, 1.54) is 10.8 Å². The van der Waals surface area contributed by atoms with Crippen LogP contribution in [0.4, 0.5) is 4.79 Å². The van der Waals surface area contributed by atoms with Crippen LogP contribution in [0.3, 0.4) is 0 Å². The molecular weight excluding hydrogens is 406 g/mol. The van der Waals surface area contributed by atoms with Crippen molar-refractivity contribution in [3.05, 3.63) is 60.2 Å². The summed E-state index contributed by atoms with van der Waals surface area (Å²) in [5.74, 6) is 0. The van der Waals surface area contributed by atoms with Gasteiger partial charge in [-0.15, -0.1) is 0 Å². The van der Waals surface area contributed by atoms with E-state index in [1.54, 1.807) is 0 Å². The molecule has 0 spiro atoms. The Kier molecular flexibility index (Phi) is 9.60. The molecule has 33 heavy (non-hydrogen) atoms. The number of hydrogen-bond acceptors (Lipinski definition) is 2. The van der Waals surface area contributed by atoms with Crippen molar-refractivity contribution in [2.24, 2.45) is 0 Å². The van der Waals surface area contributed by atoms with Crippen LogP contribution in [0.1, 0.15) is 84.6 Å². The normalized spacial score (nSPS) is 13.2. The van der Waals surface area contributed by atoms with Crippen LogP contribution in [0.2, 0.25) is 0 Å². The summed E-state index contributed by atoms with van der Waals surface area (Å²) >= 11 is 0. The molecule has 3 aromatic rings. The maximum atomic E-state index is 13.6. The fourth-order valence-corrected chi connectivity index (χ4v) is 5.03. The SMILES string of the molecule is CCCCC(CC)N(C(=O)OCc1c2ccccc2cc2ccccc12)C(CC)CCCC. The van der Waals surface area contributed by atoms with E-state index in [1.807, 2.05) is 0 Å². The van der Waals surface area contributed by atoms with E-state index in [4.69, 9.17) is 4.74 Å². The van der Waals surface area contributed by atoms with Gasteiger partial charge < -0.3 is 9.64 Å². The average molecular weight is 448 g/mol. The van der Waals surface area contributed by atoms with Crippen LogP contribution in [0, 0.1) is 0 Å². The third-order valence-corrected chi connectivity index (χ3v) is 6.94. The summed E-state index contributed by atoms with van der Waals surface area (Å²) in [4.78, 5) is 15.7.